The molecule has 0 unspecified atom stereocenters. The fourth-order valence-corrected chi connectivity index (χ4v) is 5.61. The van der Waals surface area contributed by atoms with Gasteiger partial charge in [-0.05, 0) is 83.0 Å². The number of nitrogens with zero attached hydrogens (tertiary/aromatic N) is 3. The Hall–Kier alpha value is -3.92. The molecule has 42 heavy (non-hydrogen) atoms. The number of hydrogen-bond donors (Lipinski definition) is 0. The molecule has 0 aliphatic heterocycles. The summed E-state index contributed by atoms with van der Waals surface area (Å²) in [7, 11) is 0. The van der Waals surface area contributed by atoms with Crippen LogP contribution in [-0.4, -0.2) is 22.5 Å². The molecule has 6 aromatic rings. The van der Waals surface area contributed by atoms with Gasteiger partial charge in [-0.15, -0.1) is 0 Å². The first-order chi connectivity index (χ1) is 20.4. The van der Waals surface area contributed by atoms with Crippen LogP contribution in [0.15, 0.2) is 108 Å². The summed E-state index contributed by atoms with van der Waals surface area (Å²) in [4.78, 5) is 18.4. The average Bonchev–Trinajstić information content (AvgIpc) is 3.40. The molecule has 0 amide bonds. The number of aromatic nitrogens is 2. The molecule has 7 nitrogen and oxygen atoms in total. The fourth-order valence-electron chi connectivity index (χ4n) is 4.47. The zero-order valence-corrected chi connectivity index (χ0v) is 26.1. The van der Waals surface area contributed by atoms with Gasteiger partial charge in [0, 0.05) is 20.4 Å². The Bertz CT molecular complexity index is 2040. The molecule has 2 heterocycles. The molecule has 0 N–H and O–H groups in total. The Kier molecular flexibility index (Phi) is 8.15. The van der Waals surface area contributed by atoms with Crippen LogP contribution in [0, 0.1) is 0 Å². The zero-order valence-electron chi connectivity index (χ0n) is 22.2. The molecule has 4 aromatic carbocycles. The van der Waals surface area contributed by atoms with Crippen molar-refractivity contribution in [3.63, 3.8) is 0 Å². The molecule has 0 saturated carbocycles. The number of ether oxygens (including phenoxy) is 2. The van der Waals surface area contributed by atoms with E-state index in [2.05, 4.69) is 37.0 Å². The smallest absolute Gasteiger partial charge is 0.282 e. The minimum atomic E-state index is -0.322. The third kappa shape index (κ3) is 5.72. The van der Waals surface area contributed by atoms with Crippen LogP contribution in [0.1, 0.15) is 18.1 Å². The van der Waals surface area contributed by atoms with Gasteiger partial charge in [0.25, 0.3) is 5.56 Å². The maximum atomic E-state index is 13.6. The second-order valence-corrected chi connectivity index (χ2v) is 11.4. The topological polar surface area (TPSA) is 78.9 Å². The maximum Gasteiger partial charge on any atom is 0.282 e. The zero-order chi connectivity index (χ0) is 29.2. The van der Waals surface area contributed by atoms with Crippen LogP contribution < -0.4 is 15.0 Å². The van der Waals surface area contributed by atoms with Gasteiger partial charge in [-0.3, -0.25) is 4.79 Å². The predicted octanol–water partition coefficient (Wildman–Crippen LogP) is 8.85. The van der Waals surface area contributed by atoms with Crippen LogP contribution in [0.4, 0.5) is 0 Å². The summed E-state index contributed by atoms with van der Waals surface area (Å²) in [6.07, 6.45) is 1.58. The van der Waals surface area contributed by atoms with Crippen molar-refractivity contribution in [3.8, 4) is 23.1 Å². The molecule has 2 aromatic heterocycles. The van der Waals surface area contributed by atoms with Crippen molar-refractivity contribution in [2.45, 2.75) is 13.5 Å². The summed E-state index contributed by atoms with van der Waals surface area (Å²) >= 11 is 13.4. The van der Waals surface area contributed by atoms with Gasteiger partial charge in [0.15, 0.2) is 17.3 Å². The molecule has 0 fully saturated rings. The van der Waals surface area contributed by atoms with E-state index in [0.29, 0.717) is 55.4 Å². The average molecular weight is 708 g/mol. The number of fused-ring (bicyclic) bond motifs is 2. The summed E-state index contributed by atoms with van der Waals surface area (Å²) in [5, 5.41) is 6.51. The molecule has 0 bridgehead atoms. The van der Waals surface area contributed by atoms with Gasteiger partial charge < -0.3 is 13.9 Å². The van der Waals surface area contributed by atoms with Crippen LogP contribution in [0.5, 0.6) is 11.5 Å². The SMILES string of the molecule is CCOc1cc(C=Nn2c(-c3cc4cc(Br)ccc4o3)nc3ccccc3c2=O)cc(Br)c1OCc1ccccc1Cl. The summed E-state index contributed by atoms with van der Waals surface area (Å²) < 4.78 is 20.9. The molecular formula is C32H22Br2ClN3O4. The number of benzene rings is 4. The van der Waals surface area contributed by atoms with E-state index in [-0.39, 0.29) is 18.0 Å². The fraction of sp³-hybridized carbons (Fsp3) is 0.0938. The van der Waals surface area contributed by atoms with Crippen LogP contribution in [0.2, 0.25) is 5.02 Å². The van der Waals surface area contributed by atoms with Gasteiger partial charge >= 0.3 is 0 Å². The molecule has 0 spiro atoms. The summed E-state index contributed by atoms with van der Waals surface area (Å²) in [6, 6.07) is 25.8. The molecule has 10 heteroatoms. The highest BCUT2D eigenvalue weighted by molar-refractivity contribution is 9.10. The van der Waals surface area contributed by atoms with Crippen LogP contribution >= 0.6 is 43.5 Å². The van der Waals surface area contributed by atoms with E-state index in [9.17, 15) is 4.79 Å². The predicted molar refractivity (Wildman–Crippen MR) is 173 cm³/mol. The second-order valence-electron chi connectivity index (χ2n) is 9.25. The van der Waals surface area contributed by atoms with E-state index in [4.69, 9.17) is 30.5 Å². The van der Waals surface area contributed by atoms with Crippen molar-refractivity contribution < 1.29 is 13.9 Å². The Morgan fingerprint density at radius 1 is 1.00 bits per heavy atom. The Morgan fingerprint density at radius 3 is 2.64 bits per heavy atom. The van der Waals surface area contributed by atoms with E-state index in [0.717, 1.165) is 15.4 Å². The lowest BCUT2D eigenvalue weighted by atomic mass is 10.2. The van der Waals surface area contributed by atoms with E-state index in [1.807, 2.05) is 67.6 Å². The monoisotopic (exact) mass is 705 g/mol. The lowest BCUT2D eigenvalue weighted by Crippen LogP contribution is -2.20. The molecule has 0 aliphatic rings. The normalized spacial score (nSPS) is 11.5. The van der Waals surface area contributed by atoms with Gasteiger partial charge in [0.05, 0.1) is 28.2 Å². The first kappa shape index (κ1) is 28.2. The summed E-state index contributed by atoms with van der Waals surface area (Å²) in [5.74, 6) is 1.76. The minimum Gasteiger partial charge on any atom is -0.490 e. The number of para-hydroxylation sites is 1. The van der Waals surface area contributed by atoms with Crippen LogP contribution in [-0.2, 0) is 6.61 Å². The van der Waals surface area contributed by atoms with E-state index < -0.39 is 0 Å². The highest BCUT2D eigenvalue weighted by Crippen LogP contribution is 2.37. The van der Waals surface area contributed by atoms with Crippen LogP contribution in [0.25, 0.3) is 33.5 Å². The largest absolute Gasteiger partial charge is 0.490 e. The molecule has 6 rings (SSSR count). The van der Waals surface area contributed by atoms with Crippen molar-refractivity contribution in [2.75, 3.05) is 6.61 Å². The van der Waals surface area contributed by atoms with Gasteiger partial charge in [0.1, 0.15) is 12.2 Å². The maximum absolute atomic E-state index is 13.6. The van der Waals surface area contributed by atoms with Crippen molar-refractivity contribution in [3.05, 3.63) is 120 Å². The Labute approximate surface area is 262 Å². The molecule has 0 saturated heterocycles. The van der Waals surface area contributed by atoms with Gasteiger partial charge in [0.2, 0.25) is 5.82 Å². The molecule has 210 valence electrons. The quantitative estimate of drug-likeness (QED) is 0.148. The lowest BCUT2D eigenvalue weighted by molar-refractivity contribution is 0.267. The Balaban J connectivity index is 1.41. The third-order valence-electron chi connectivity index (χ3n) is 6.44. The first-order valence-corrected chi connectivity index (χ1v) is 15.0. The van der Waals surface area contributed by atoms with Crippen molar-refractivity contribution in [1.29, 1.82) is 0 Å². The van der Waals surface area contributed by atoms with Gasteiger partial charge in [-0.1, -0.05) is 57.9 Å². The lowest BCUT2D eigenvalue weighted by Gasteiger charge is -2.15. The Morgan fingerprint density at radius 2 is 1.81 bits per heavy atom. The van der Waals surface area contributed by atoms with E-state index >= 15 is 0 Å². The molecule has 0 aliphatic carbocycles. The van der Waals surface area contributed by atoms with Crippen LogP contribution in [0.3, 0.4) is 0 Å². The van der Waals surface area contributed by atoms with Gasteiger partial charge in [-0.2, -0.15) is 9.78 Å². The molecule has 0 atom stereocenters. The number of hydrogen-bond acceptors (Lipinski definition) is 6. The minimum absolute atomic E-state index is 0.265. The first-order valence-electron chi connectivity index (χ1n) is 13.0. The second kappa shape index (κ2) is 12.1. The highest BCUT2D eigenvalue weighted by Gasteiger charge is 2.17. The third-order valence-corrected chi connectivity index (χ3v) is 7.89. The van der Waals surface area contributed by atoms with E-state index in [1.165, 1.54) is 4.68 Å². The van der Waals surface area contributed by atoms with Crippen molar-refractivity contribution >= 4 is 71.5 Å². The molecular weight excluding hydrogens is 686 g/mol. The standard InChI is InChI=1S/C32H22Br2ClN3O4/c1-2-40-28-14-19(13-24(34)30(28)41-18-20-7-3-5-9-25(20)35)17-36-38-31(37-26-10-6-4-8-23(26)32(38)39)29-16-21-15-22(33)11-12-27(21)42-29/h3-17H,2,18H2,1H3. The number of halogens is 3. The summed E-state index contributed by atoms with van der Waals surface area (Å²) in [6.45, 7) is 2.59. The highest BCUT2D eigenvalue weighted by atomic mass is 79.9. The van der Waals surface area contributed by atoms with E-state index in [1.54, 1.807) is 30.5 Å². The molecule has 0 radical (unpaired) electrons. The summed E-state index contributed by atoms with van der Waals surface area (Å²) in [5.41, 5.74) is 2.43. The number of rotatable bonds is 8. The van der Waals surface area contributed by atoms with Crippen molar-refractivity contribution in [1.82, 2.24) is 9.66 Å². The van der Waals surface area contributed by atoms with Gasteiger partial charge in [-0.25, -0.2) is 4.98 Å². The van der Waals surface area contributed by atoms with Crippen molar-refractivity contribution in [2.24, 2.45) is 5.10 Å². The number of furan rings is 1.